The van der Waals surface area contributed by atoms with Crippen LogP contribution in [-0.2, 0) is 5.41 Å². The number of rotatable bonds is 5. The predicted octanol–water partition coefficient (Wildman–Crippen LogP) is 4.10. The number of carbonyl (C=O) groups excluding carboxylic acids is 1. The van der Waals surface area contributed by atoms with E-state index in [2.05, 4.69) is 31.3 Å². The van der Waals surface area contributed by atoms with Crippen LogP contribution < -0.4 is 14.8 Å². The molecule has 1 amide bonds. The van der Waals surface area contributed by atoms with Gasteiger partial charge < -0.3 is 14.8 Å². The van der Waals surface area contributed by atoms with Crippen LogP contribution in [0.25, 0.3) is 0 Å². The van der Waals surface area contributed by atoms with Crippen LogP contribution >= 0.6 is 11.3 Å². The Hall–Kier alpha value is -2.01. The first kappa shape index (κ1) is 16.5. The van der Waals surface area contributed by atoms with Crippen molar-refractivity contribution < 1.29 is 14.3 Å². The van der Waals surface area contributed by atoms with Crippen molar-refractivity contribution in [3.63, 3.8) is 0 Å². The first-order valence-corrected chi connectivity index (χ1v) is 9.68. The lowest BCUT2D eigenvalue weighted by Crippen LogP contribution is -2.36. The first-order chi connectivity index (χ1) is 12.0. The van der Waals surface area contributed by atoms with Gasteiger partial charge in [0.05, 0.1) is 4.88 Å². The summed E-state index contributed by atoms with van der Waals surface area (Å²) in [7, 11) is 0. The summed E-state index contributed by atoms with van der Waals surface area (Å²) in [6, 6.07) is 8.14. The van der Waals surface area contributed by atoms with Crippen LogP contribution in [0, 0.1) is 0 Å². The third-order valence-electron chi connectivity index (χ3n) is 4.93. The van der Waals surface area contributed by atoms with E-state index in [1.807, 2.05) is 17.5 Å². The van der Waals surface area contributed by atoms with Gasteiger partial charge in [0.25, 0.3) is 5.91 Å². The molecule has 2 aromatic rings. The molecule has 2 heterocycles. The second-order valence-electron chi connectivity index (χ2n) is 7.40. The number of ether oxygens (including phenoxy) is 2. The van der Waals surface area contributed by atoms with E-state index in [1.54, 1.807) is 11.3 Å². The summed E-state index contributed by atoms with van der Waals surface area (Å²) in [4.78, 5) is 13.5. The topological polar surface area (TPSA) is 47.6 Å². The van der Waals surface area contributed by atoms with Crippen LogP contribution in [0.4, 0.5) is 0 Å². The number of thiophene rings is 1. The molecule has 1 saturated carbocycles. The van der Waals surface area contributed by atoms with Gasteiger partial charge in [-0.2, -0.15) is 0 Å². The lowest BCUT2D eigenvalue weighted by molar-refractivity contribution is 0.0949. The Labute approximate surface area is 152 Å². The molecule has 0 saturated heterocycles. The second-order valence-corrected chi connectivity index (χ2v) is 8.32. The van der Waals surface area contributed by atoms with E-state index in [-0.39, 0.29) is 11.3 Å². The van der Waals surface area contributed by atoms with Crippen molar-refractivity contribution in [2.24, 2.45) is 0 Å². The third-order valence-corrected chi connectivity index (χ3v) is 5.86. The minimum atomic E-state index is -0.192. The van der Waals surface area contributed by atoms with Crippen LogP contribution in [0.2, 0.25) is 0 Å². The molecule has 5 heteroatoms. The second kappa shape index (κ2) is 6.37. The minimum absolute atomic E-state index is 0.0440. The van der Waals surface area contributed by atoms with Gasteiger partial charge in [0.15, 0.2) is 11.5 Å². The minimum Gasteiger partial charge on any atom is -0.486 e. The zero-order valence-electron chi connectivity index (χ0n) is 14.6. The normalized spacial score (nSPS) is 16.6. The first-order valence-electron chi connectivity index (χ1n) is 8.80. The van der Waals surface area contributed by atoms with E-state index in [4.69, 9.17) is 9.47 Å². The number of fused-ring (bicyclic) bond motifs is 1. The third kappa shape index (κ3) is 3.38. The molecule has 1 aromatic heterocycles. The summed E-state index contributed by atoms with van der Waals surface area (Å²) in [5, 5.41) is 5.15. The Kier molecular flexibility index (Phi) is 4.20. The summed E-state index contributed by atoms with van der Waals surface area (Å²) in [6.07, 6.45) is 2.42. The molecule has 0 atom stereocenters. The number of hydrogen-bond acceptors (Lipinski definition) is 4. The Morgan fingerprint density at radius 3 is 2.72 bits per heavy atom. The van der Waals surface area contributed by atoms with Gasteiger partial charge in [0.1, 0.15) is 13.2 Å². The van der Waals surface area contributed by atoms with Crippen molar-refractivity contribution in [2.45, 2.75) is 38.0 Å². The Morgan fingerprint density at radius 1 is 1.20 bits per heavy atom. The van der Waals surface area contributed by atoms with Gasteiger partial charge in [-0.25, -0.2) is 0 Å². The van der Waals surface area contributed by atoms with Gasteiger partial charge >= 0.3 is 0 Å². The van der Waals surface area contributed by atoms with Gasteiger partial charge in [-0.15, -0.1) is 11.3 Å². The Bertz CT molecular complexity index is 792. The van der Waals surface area contributed by atoms with E-state index in [0.717, 1.165) is 21.9 Å². The van der Waals surface area contributed by atoms with Crippen LogP contribution in [0.1, 0.15) is 53.4 Å². The van der Waals surface area contributed by atoms with Crippen molar-refractivity contribution in [1.29, 1.82) is 0 Å². The molecule has 0 spiro atoms. The van der Waals surface area contributed by atoms with Crippen molar-refractivity contribution in [3.8, 4) is 11.5 Å². The molecule has 132 valence electrons. The maximum atomic E-state index is 12.6. The molecule has 25 heavy (non-hydrogen) atoms. The summed E-state index contributed by atoms with van der Waals surface area (Å²) < 4.78 is 11.3. The lowest BCUT2D eigenvalue weighted by atomic mass is 9.84. The van der Waals surface area contributed by atoms with Gasteiger partial charge in [-0.05, 0) is 53.5 Å². The summed E-state index contributed by atoms with van der Waals surface area (Å²) in [5.74, 6) is 2.22. The number of hydrogen-bond donors (Lipinski definition) is 1. The number of benzene rings is 1. The lowest BCUT2D eigenvalue weighted by Gasteiger charge is -2.27. The Balaban J connectivity index is 1.46. The Morgan fingerprint density at radius 2 is 1.96 bits per heavy atom. The average Bonchev–Trinajstić information content (AvgIpc) is 3.36. The zero-order chi connectivity index (χ0) is 17.4. The highest BCUT2D eigenvalue weighted by molar-refractivity contribution is 7.12. The van der Waals surface area contributed by atoms with Crippen LogP contribution in [0.3, 0.4) is 0 Å². The molecule has 4 rings (SSSR count). The van der Waals surface area contributed by atoms with E-state index in [0.29, 0.717) is 25.7 Å². The molecule has 2 aliphatic rings. The fourth-order valence-corrected chi connectivity index (χ4v) is 4.07. The van der Waals surface area contributed by atoms with Crippen LogP contribution in [0.15, 0.2) is 29.6 Å². The molecular formula is C20H23NO3S. The molecule has 4 nitrogen and oxygen atoms in total. The SMILES string of the molecule is CC(C)(CNC(=O)c1sccc1C1CC1)c1ccc2c(c1)OCCO2. The number of nitrogens with one attached hydrogen (secondary N) is 1. The van der Waals surface area contributed by atoms with Crippen LogP contribution in [0.5, 0.6) is 11.5 Å². The van der Waals surface area contributed by atoms with Gasteiger partial charge in [-0.3, -0.25) is 4.79 Å². The summed E-state index contributed by atoms with van der Waals surface area (Å²) in [6.45, 7) is 6.02. The van der Waals surface area contributed by atoms with E-state index >= 15 is 0 Å². The number of amides is 1. The highest BCUT2D eigenvalue weighted by atomic mass is 32.1. The monoisotopic (exact) mass is 357 g/mol. The standard InChI is InChI=1S/C20H23NO3S/c1-20(2,14-5-6-16-17(11-14)24-9-8-23-16)12-21-19(22)18-15(7-10-25-18)13-3-4-13/h5-7,10-11,13H,3-4,8-9,12H2,1-2H3,(H,21,22). The van der Waals surface area contributed by atoms with Gasteiger partial charge in [0, 0.05) is 12.0 Å². The van der Waals surface area contributed by atoms with Crippen molar-refractivity contribution in [1.82, 2.24) is 5.32 Å². The van der Waals surface area contributed by atoms with Crippen molar-refractivity contribution in [2.75, 3.05) is 19.8 Å². The molecular weight excluding hydrogens is 334 g/mol. The quantitative estimate of drug-likeness (QED) is 0.876. The molecule has 0 unspecified atom stereocenters. The average molecular weight is 357 g/mol. The largest absolute Gasteiger partial charge is 0.486 e. The molecule has 1 aliphatic heterocycles. The predicted molar refractivity (Wildman–Crippen MR) is 99.1 cm³/mol. The van der Waals surface area contributed by atoms with E-state index in [9.17, 15) is 4.79 Å². The van der Waals surface area contributed by atoms with Crippen molar-refractivity contribution in [3.05, 3.63) is 45.6 Å². The molecule has 1 fully saturated rings. The van der Waals surface area contributed by atoms with Crippen LogP contribution in [-0.4, -0.2) is 25.7 Å². The summed E-state index contributed by atoms with van der Waals surface area (Å²) in [5.41, 5.74) is 2.16. The summed E-state index contributed by atoms with van der Waals surface area (Å²) >= 11 is 1.54. The highest BCUT2D eigenvalue weighted by Crippen LogP contribution is 2.43. The molecule has 0 bridgehead atoms. The highest BCUT2D eigenvalue weighted by Gasteiger charge is 2.30. The van der Waals surface area contributed by atoms with Gasteiger partial charge in [-0.1, -0.05) is 19.9 Å². The smallest absolute Gasteiger partial charge is 0.261 e. The van der Waals surface area contributed by atoms with E-state index < -0.39 is 0 Å². The molecule has 0 radical (unpaired) electrons. The fraction of sp³-hybridized carbons (Fsp3) is 0.450. The van der Waals surface area contributed by atoms with Gasteiger partial charge in [0.2, 0.25) is 0 Å². The fourth-order valence-electron chi connectivity index (χ4n) is 3.17. The maximum absolute atomic E-state index is 12.6. The zero-order valence-corrected chi connectivity index (χ0v) is 15.4. The molecule has 1 N–H and O–H groups in total. The molecule has 1 aliphatic carbocycles. The number of carbonyl (C=O) groups is 1. The molecule has 1 aromatic carbocycles. The van der Waals surface area contributed by atoms with E-state index in [1.165, 1.54) is 18.4 Å². The van der Waals surface area contributed by atoms with Crippen molar-refractivity contribution >= 4 is 17.2 Å². The maximum Gasteiger partial charge on any atom is 0.261 e.